The predicted molar refractivity (Wildman–Crippen MR) is 276 cm³/mol. The van der Waals surface area contributed by atoms with Crippen LogP contribution in [0.2, 0.25) is 0 Å². The third-order valence-electron chi connectivity index (χ3n) is 13.0. The number of benzene rings is 4. The minimum Gasteiger partial charge on any atom is -0.350 e. The maximum absolute atomic E-state index is 15.6. The molecule has 4 heterocycles. The molecule has 14 nitrogen and oxygen atoms in total. The van der Waals surface area contributed by atoms with Gasteiger partial charge in [-0.05, 0) is 117 Å². The van der Waals surface area contributed by atoms with Crippen molar-refractivity contribution < 1.29 is 45.9 Å². The van der Waals surface area contributed by atoms with E-state index in [2.05, 4.69) is 25.9 Å². The molecular formula is C54H48F5N9O5S2. The van der Waals surface area contributed by atoms with Crippen LogP contribution in [0.5, 0.6) is 0 Å². The largest absolute Gasteiger partial charge is 0.420 e. The number of hydrogen-bond acceptors (Lipinski definition) is 10. The number of carbonyl (C=O) groups excluding carboxylic acids is 5. The number of halogens is 5. The molecule has 0 saturated carbocycles. The van der Waals surface area contributed by atoms with Crippen molar-refractivity contribution in [3.8, 4) is 27.8 Å². The summed E-state index contributed by atoms with van der Waals surface area (Å²) in [6, 6.07) is 21.8. The number of nitriles is 1. The second-order valence-electron chi connectivity index (χ2n) is 19.5. The quantitative estimate of drug-likeness (QED) is 0.0789. The highest BCUT2D eigenvalue weighted by atomic mass is 32.1. The smallest absolute Gasteiger partial charge is 0.350 e. The lowest BCUT2D eigenvalue weighted by Crippen LogP contribution is -2.57. The van der Waals surface area contributed by atoms with Gasteiger partial charge in [-0.25, -0.2) is 13.8 Å². The Morgan fingerprint density at radius 2 is 1.61 bits per heavy atom. The molecule has 21 heteroatoms. The summed E-state index contributed by atoms with van der Waals surface area (Å²) < 4.78 is 72.6. The summed E-state index contributed by atoms with van der Waals surface area (Å²) in [5.74, 6) is -5.98. The van der Waals surface area contributed by atoms with Crippen LogP contribution in [0.1, 0.15) is 90.6 Å². The summed E-state index contributed by atoms with van der Waals surface area (Å²) in [6.45, 7) is 10.7. The van der Waals surface area contributed by atoms with Crippen molar-refractivity contribution in [2.24, 2.45) is 5.41 Å². The van der Waals surface area contributed by atoms with E-state index in [0.29, 0.717) is 35.5 Å². The number of pyridine rings is 1. The molecule has 2 aliphatic rings. The summed E-state index contributed by atoms with van der Waals surface area (Å²) >= 11 is 7.08. The number of carbonyl (C=O) groups is 5. The fourth-order valence-corrected chi connectivity index (χ4v) is 10.3. The Hall–Kier alpha value is -7.96. The van der Waals surface area contributed by atoms with Gasteiger partial charge in [0, 0.05) is 29.9 Å². The van der Waals surface area contributed by atoms with Gasteiger partial charge in [0.25, 0.3) is 17.7 Å². The van der Waals surface area contributed by atoms with E-state index in [4.69, 9.17) is 12.2 Å². The van der Waals surface area contributed by atoms with Crippen LogP contribution in [0.15, 0.2) is 103 Å². The van der Waals surface area contributed by atoms with Crippen LogP contribution in [-0.2, 0) is 27.1 Å². The first-order valence-corrected chi connectivity index (χ1v) is 24.7. The molecule has 0 bridgehead atoms. The molecule has 2 saturated heterocycles. The molecule has 8 rings (SSSR count). The standard InChI is InChI=1S/C54H48F5N9O5S2/c1-29-44(75-28-63-29)32-11-9-30(10-12-32)26-62-48(71)41-8-7-23-66(41)49(72)45(52(2,3)4)65-46(69)33-15-20-37(38(55)24-33)47(70)64-35-17-13-31(14-18-35)39-21-19-36(27-61-39)68-51(74)67(50(73)53(68,5)6)40-22-16-34(25-60)42(43(40)56)54(57,58)59/h9-22,24,27-28,41,45H,7-8,23,26H2,1-6H3,(H,62,71)(H,64,70)(H,65,69)/t41?,45-/m1/s1. The number of thiazole rings is 1. The van der Waals surface area contributed by atoms with E-state index in [1.165, 1.54) is 42.0 Å². The summed E-state index contributed by atoms with van der Waals surface area (Å²) in [5, 5.41) is 17.2. The fourth-order valence-electron chi connectivity index (χ4n) is 8.99. The monoisotopic (exact) mass is 1060 g/mol. The highest BCUT2D eigenvalue weighted by Crippen LogP contribution is 2.42. The number of anilines is 3. The molecule has 3 N–H and O–H groups in total. The van der Waals surface area contributed by atoms with E-state index < -0.39 is 81.3 Å². The molecule has 1 unspecified atom stereocenters. The molecule has 0 spiro atoms. The number of aryl methyl sites for hydroxylation is 1. The number of rotatable bonds is 12. The van der Waals surface area contributed by atoms with Gasteiger partial charge in [-0.15, -0.1) is 11.3 Å². The zero-order valence-corrected chi connectivity index (χ0v) is 42.9. The first-order valence-electron chi connectivity index (χ1n) is 23.4. The van der Waals surface area contributed by atoms with Crippen molar-refractivity contribution in [1.29, 1.82) is 5.26 Å². The maximum atomic E-state index is 15.6. The van der Waals surface area contributed by atoms with Gasteiger partial charge in [0.15, 0.2) is 10.9 Å². The number of thiocarbonyl (C=S) groups is 1. The maximum Gasteiger partial charge on any atom is 0.420 e. The number of nitrogens with one attached hydrogen (secondary N) is 3. The molecule has 5 amide bonds. The van der Waals surface area contributed by atoms with E-state index in [1.54, 1.807) is 74.0 Å². The van der Waals surface area contributed by atoms with Gasteiger partial charge in [-0.2, -0.15) is 18.4 Å². The van der Waals surface area contributed by atoms with Crippen LogP contribution in [0.25, 0.3) is 21.7 Å². The van der Waals surface area contributed by atoms with E-state index in [-0.39, 0.29) is 40.1 Å². The van der Waals surface area contributed by atoms with Gasteiger partial charge in [0.2, 0.25) is 11.8 Å². The third-order valence-corrected chi connectivity index (χ3v) is 14.4. The van der Waals surface area contributed by atoms with Crippen LogP contribution in [-0.4, -0.2) is 73.7 Å². The summed E-state index contributed by atoms with van der Waals surface area (Å²) in [4.78, 5) is 81.6. The second kappa shape index (κ2) is 20.7. The van der Waals surface area contributed by atoms with Gasteiger partial charge in [0.1, 0.15) is 29.0 Å². The molecule has 2 aliphatic heterocycles. The second-order valence-corrected chi connectivity index (χ2v) is 20.7. The zero-order chi connectivity index (χ0) is 54.3. The van der Waals surface area contributed by atoms with Crippen molar-refractivity contribution in [2.75, 3.05) is 21.7 Å². The Kier molecular flexibility index (Phi) is 14.8. The van der Waals surface area contributed by atoms with E-state index >= 15 is 8.78 Å². The first kappa shape index (κ1) is 53.3. The highest BCUT2D eigenvalue weighted by molar-refractivity contribution is 7.81. The first-order chi connectivity index (χ1) is 35.4. The number of amides is 5. The minimum absolute atomic E-state index is 0.139. The van der Waals surface area contributed by atoms with Gasteiger partial charge >= 0.3 is 6.18 Å². The Bertz CT molecular complexity index is 3300. The zero-order valence-electron chi connectivity index (χ0n) is 41.2. The van der Waals surface area contributed by atoms with Crippen molar-refractivity contribution in [3.05, 3.63) is 148 Å². The van der Waals surface area contributed by atoms with Gasteiger partial charge in [0.05, 0.1) is 56.5 Å². The van der Waals surface area contributed by atoms with Gasteiger partial charge in [-0.3, -0.25) is 33.9 Å². The van der Waals surface area contributed by atoms with Crippen LogP contribution in [0.3, 0.4) is 0 Å². The molecule has 6 aromatic rings. The van der Waals surface area contributed by atoms with Crippen molar-refractivity contribution in [1.82, 2.24) is 25.5 Å². The van der Waals surface area contributed by atoms with Crippen LogP contribution in [0, 0.1) is 35.3 Å². The van der Waals surface area contributed by atoms with Gasteiger partial charge < -0.3 is 25.8 Å². The van der Waals surface area contributed by atoms with E-state index in [0.717, 1.165) is 46.0 Å². The van der Waals surface area contributed by atoms with Crippen molar-refractivity contribution in [2.45, 2.75) is 84.7 Å². The summed E-state index contributed by atoms with van der Waals surface area (Å²) in [7, 11) is 0. The molecule has 2 fully saturated rings. The number of hydrogen-bond donors (Lipinski definition) is 3. The molecule has 2 aromatic heterocycles. The number of nitrogens with zero attached hydrogens (tertiary/aromatic N) is 6. The molecule has 2 atom stereocenters. The molecular weight excluding hydrogens is 1010 g/mol. The number of aromatic nitrogens is 2. The lowest BCUT2D eigenvalue weighted by molar-refractivity contribution is -0.142. The average Bonchev–Trinajstić information content (AvgIpc) is 4.08. The minimum atomic E-state index is -5.23. The van der Waals surface area contributed by atoms with Crippen LogP contribution in [0.4, 0.5) is 39.0 Å². The van der Waals surface area contributed by atoms with Crippen molar-refractivity contribution in [3.63, 3.8) is 0 Å². The Morgan fingerprint density at radius 3 is 2.21 bits per heavy atom. The molecule has 386 valence electrons. The highest BCUT2D eigenvalue weighted by Gasteiger charge is 2.52. The molecule has 0 radical (unpaired) electrons. The number of likely N-dealkylation sites (tertiary alicyclic amines) is 1. The summed E-state index contributed by atoms with van der Waals surface area (Å²) in [6.07, 6.45) is -2.83. The number of alkyl halides is 3. The third kappa shape index (κ3) is 10.7. The van der Waals surface area contributed by atoms with Gasteiger partial charge in [-0.1, -0.05) is 57.2 Å². The molecule has 75 heavy (non-hydrogen) atoms. The fraction of sp³-hybridized carbons (Fsp3) is 0.278. The van der Waals surface area contributed by atoms with E-state index in [9.17, 15) is 42.4 Å². The van der Waals surface area contributed by atoms with Crippen LogP contribution >= 0.6 is 23.6 Å². The predicted octanol–water partition coefficient (Wildman–Crippen LogP) is 9.97. The lowest BCUT2D eigenvalue weighted by Gasteiger charge is -2.35. The van der Waals surface area contributed by atoms with Crippen LogP contribution < -0.4 is 25.8 Å². The normalized spacial score (nSPS) is 15.9. The van der Waals surface area contributed by atoms with E-state index in [1.807, 2.05) is 31.2 Å². The summed E-state index contributed by atoms with van der Waals surface area (Å²) in [5.41, 5.74) is -0.176. The van der Waals surface area contributed by atoms with Crippen molar-refractivity contribution >= 4 is 75.3 Å². The average molecular weight is 1060 g/mol. The Balaban J connectivity index is 0.882. The topological polar surface area (TPSA) is 181 Å². The SMILES string of the molecule is Cc1ncsc1-c1ccc(CNC(=O)C2CCCN2C(=O)[C@@H](NC(=O)c2ccc(C(=O)Nc3ccc(-c4ccc(N5C(=S)N(c6ccc(C#N)c(C(F)(F)F)c6F)C(=O)C5(C)C)cn4)cc3)c(F)c2)C(C)(C)C)cc1. The Labute approximate surface area is 437 Å². The lowest BCUT2D eigenvalue weighted by atomic mass is 9.85. The molecule has 0 aliphatic carbocycles. The Morgan fingerprint density at radius 1 is 0.920 bits per heavy atom. The molecule has 4 aromatic carbocycles.